The van der Waals surface area contributed by atoms with Crippen molar-refractivity contribution in [3.8, 4) is 0 Å². The zero-order valence-corrected chi connectivity index (χ0v) is 15.3. The minimum absolute atomic E-state index is 0.883. The highest BCUT2D eigenvalue weighted by molar-refractivity contribution is 5.66. The number of piperazine rings is 1. The topological polar surface area (TPSA) is 35.5 Å². The van der Waals surface area contributed by atoms with Gasteiger partial charge in [0.15, 0.2) is 0 Å². The van der Waals surface area contributed by atoms with Gasteiger partial charge in [-0.3, -0.25) is 0 Å². The molecule has 2 aliphatic heterocycles. The van der Waals surface area contributed by atoms with Crippen LogP contribution in [0.25, 0.3) is 0 Å². The quantitative estimate of drug-likeness (QED) is 0.860. The van der Waals surface area contributed by atoms with Crippen molar-refractivity contribution < 1.29 is 0 Å². The highest BCUT2D eigenvalue weighted by Crippen LogP contribution is 2.33. The molecular weight excluding hydrogens is 310 g/mol. The van der Waals surface area contributed by atoms with Crippen molar-refractivity contribution in [2.45, 2.75) is 26.7 Å². The molecule has 0 radical (unpaired) electrons. The van der Waals surface area contributed by atoms with Gasteiger partial charge in [0, 0.05) is 50.2 Å². The van der Waals surface area contributed by atoms with Crippen LogP contribution in [0.1, 0.15) is 24.6 Å². The van der Waals surface area contributed by atoms with Gasteiger partial charge in [-0.05, 0) is 37.9 Å². The Bertz CT molecular complexity index is 737. The highest BCUT2D eigenvalue weighted by Gasteiger charge is 2.22. The Balaban J connectivity index is 1.63. The van der Waals surface area contributed by atoms with E-state index in [1.165, 1.54) is 17.7 Å². The van der Waals surface area contributed by atoms with Crippen LogP contribution in [0.3, 0.4) is 0 Å². The van der Waals surface area contributed by atoms with Crippen molar-refractivity contribution in [1.29, 1.82) is 0 Å². The summed E-state index contributed by atoms with van der Waals surface area (Å²) >= 11 is 0. The third kappa shape index (κ3) is 3.33. The molecule has 0 unspecified atom stereocenters. The molecule has 25 heavy (non-hydrogen) atoms. The fourth-order valence-corrected chi connectivity index (χ4v) is 3.85. The van der Waals surface area contributed by atoms with Crippen LogP contribution >= 0.6 is 0 Å². The maximum atomic E-state index is 4.95. The van der Waals surface area contributed by atoms with E-state index in [9.17, 15) is 0 Å². The number of aryl methyl sites for hydroxylation is 2. The molecule has 2 aromatic rings. The largest absolute Gasteiger partial charge is 0.338 e. The Morgan fingerprint density at radius 3 is 2.60 bits per heavy atom. The molecule has 5 heteroatoms. The third-order valence-electron chi connectivity index (χ3n) is 5.32. The van der Waals surface area contributed by atoms with Crippen molar-refractivity contribution in [2.75, 3.05) is 49.1 Å². The summed E-state index contributed by atoms with van der Waals surface area (Å²) in [6.07, 6.45) is 2.33. The number of nitrogens with zero attached hydrogens (tertiary/aromatic N) is 5. The maximum absolute atomic E-state index is 4.95. The Kier molecular flexibility index (Phi) is 4.57. The van der Waals surface area contributed by atoms with Gasteiger partial charge in [0.1, 0.15) is 5.82 Å². The van der Waals surface area contributed by atoms with Crippen molar-refractivity contribution in [1.82, 2.24) is 14.9 Å². The minimum Gasteiger partial charge on any atom is -0.338 e. The molecule has 0 spiro atoms. The lowest BCUT2D eigenvalue weighted by Crippen LogP contribution is -2.46. The first-order valence-electron chi connectivity index (χ1n) is 9.43. The first-order chi connectivity index (χ1) is 12.2. The van der Waals surface area contributed by atoms with Crippen LogP contribution in [0.15, 0.2) is 30.3 Å². The first kappa shape index (κ1) is 16.3. The third-order valence-corrected chi connectivity index (χ3v) is 5.32. The lowest BCUT2D eigenvalue weighted by Gasteiger charge is -2.35. The summed E-state index contributed by atoms with van der Waals surface area (Å²) < 4.78 is 0. The fourth-order valence-electron chi connectivity index (χ4n) is 3.85. The molecule has 0 amide bonds. The summed E-state index contributed by atoms with van der Waals surface area (Å²) in [5.74, 6) is 1.92. The number of hydrogen-bond donors (Lipinski definition) is 0. The second kappa shape index (κ2) is 7.00. The lowest BCUT2D eigenvalue weighted by atomic mass is 10.0. The Morgan fingerprint density at radius 2 is 1.80 bits per heavy atom. The van der Waals surface area contributed by atoms with Crippen LogP contribution in [-0.4, -0.2) is 54.1 Å². The molecule has 3 heterocycles. The number of fused-ring (bicyclic) bond motifs is 1. The lowest BCUT2D eigenvalue weighted by molar-refractivity contribution is 0.270. The number of para-hydroxylation sites is 1. The van der Waals surface area contributed by atoms with Crippen LogP contribution < -0.4 is 9.80 Å². The zero-order chi connectivity index (χ0) is 17.2. The normalized spacial score (nSPS) is 18.3. The Hall–Kier alpha value is -2.14. The van der Waals surface area contributed by atoms with Crippen LogP contribution in [0.4, 0.5) is 17.5 Å². The van der Waals surface area contributed by atoms with Crippen LogP contribution in [0.2, 0.25) is 0 Å². The summed E-state index contributed by atoms with van der Waals surface area (Å²) in [5.41, 5.74) is 3.76. The molecule has 5 nitrogen and oxygen atoms in total. The molecule has 1 saturated heterocycles. The van der Waals surface area contributed by atoms with E-state index in [-0.39, 0.29) is 0 Å². The monoisotopic (exact) mass is 337 g/mol. The van der Waals surface area contributed by atoms with Crippen molar-refractivity contribution in [3.05, 3.63) is 41.6 Å². The summed E-state index contributed by atoms with van der Waals surface area (Å²) in [4.78, 5) is 16.9. The number of aromatic nitrogens is 2. The fraction of sp³-hybridized carbons (Fsp3) is 0.500. The van der Waals surface area contributed by atoms with Crippen molar-refractivity contribution in [2.24, 2.45) is 0 Å². The smallest absolute Gasteiger partial charge is 0.227 e. The van der Waals surface area contributed by atoms with Gasteiger partial charge in [0.25, 0.3) is 0 Å². The van der Waals surface area contributed by atoms with Gasteiger partial charge < -0.3 is 14.7 Å². The predicted molar refractivity (Wildman–Crippen MR) is 103 cm³/mol. The van der Waals surface area contributed by atoms with Gasteiger partial charge in [-0.2, -0.15) is 4.98 Å². The SMILES string of the molecule is CCN1CCN(c2nc(C)cc(N3CCCc4ccccc43)n2)CC1. The van der Waals surface area contributed by atoms with Crippen LogP contribution in [0.5, 0.6) is 0 Å². The Labute approximate surface area is 150 Å². The number of anilines is 3. The summed E-state index contributed by atoms with van der Waals surface area (Å²) in [5, 5.41) is 0. The molecule has 1 fully saturated rings. The molecule has 1 aromatic carbocycles. The van der Waals surface area contributed by atoms with E-state index in [0.717, 1.165) is 63.1 Å². The van der Waals surface area contributed by atoms with E-state index >= 15 is 0 Å². The van der Waals surface area contributed by atoms with Gasteiger partial charge >= 0.3 is 0 Å². The van der Waals surface area contributed by atoms with Crippen LogP contribution in [-0.2, 0) is 6.42 Å². The average Bonchev–Trinajstić information content (AvgIpc) is 2.67. The van der Waals surface area contributed by atoms with E-state index in [0.29, 0.717) is 0 Å². The second-order valence-corrected chi connectivity index (χ2v) is 6.97. The van der Waals surface area contributed by atoms with Gasteiger partial charge in [-0.15, -0.1) is 0 Å². The molecule has 0 bridgehead atoms. The van der Waals surface area contributed by atoms with Crippen molar-refractivity contribution in [3.63, 3.8) is 0 Å². The van der Waals surface area contributed by atoms with E-state index in [1.54, 1.807) is 0 Å². The van der Waals surface area contributed by atoms with Gasteiger partial charge in [-0.25, -0.2) is 4.98 Å². The predicted octanol–water partition coefficient (Wildman–Crippen LogP) is 3.01. The number of rotatable bonds is 3. The molecule has 0 atom stereocenters. The number of benzene rings is 1. The standard InChI is InChI=1S/C20H27N5/c1-3-23-11-13-24(14-12-23)20-21-16(2)15-19(22-20)25-10-6-8-17-7-4-5-9-18(17)25/h4-5,7,9,15H,3,6,8,10-14H2,1-2H3. The Morgan fingerprint density at radius 1 is 1.00 bits per heavy atom. The zero-order valence-electron chi connectivity index (χ0n) is 15.3. The van der Waals surface area contributed by atoms with Gasteiger partial charge in [-0.1, -0.05) is 25.1 Å². The van der Waals surface area contributed by atoms with Crippen LogP contribution in [0, 0.1) is 6.92 Å². The van der Waals surface area contributed by atoms with Crippen molar-refractivity contribution >= 4 is 17.5 Å². The molecule has 132 valence electrons. The molecular formula is C20H27N5. The average molecular weight is 337 g/mol. The number of hydrogen-bond acceptors (Lipinski definition) is 5. The van der Waals surface area contributed by atoms with Gasteiger partial charge in [0.05, 0.1) is 0 Å². The molecule has 2 aliphatic rings. The first-order valence-corrected chi connectivity index (χ1v) is 9.43. The van der Waals surface area contributed by atoms with E-state index in [4.69, 9.17) is 9.97 Å². The summed E-state index contributed by atoms with van der Waals surface area (Å²) in [6, 6.07) is 10.8. The molecule has 0 saturated carbocycles. The van der Waals surface area contributed by atoms with E-state index in [2.05, 4.69) is 58.9 Å². The molecule has 1 aromatic heterocycles. The summed E-state index contributed by atoms with van der Waals surface area (Å²) in [7, 11) is 0. The highest BCUT2D eigenvalue weighted by atomic mass is 15.3. The number of likely N-dealkylation sites (N-methyl/N-ethyl adjacent to an activating group) is 1. The van der Waals surface area contributed by atoms with Gasteiger partial charge in [0.2, 0.25) is 5.95 Å². The maximum Gasteiger partial charge on any atom is 0.227 e. The second-order valence-electron chi connectivity index (χ2n) is 6.97. The summed E-state index contributed by atoms with van der Waals surface area (Å²) in [6.45, 7) is 10.7. The molecule has 0 aliphatic carbocycles. The van der Waals surface area contributed by atoms with E-state index in [1.807, 2.05) is 0 Å². The van der Waals surface area contributed by atoms with E-state index < -0.39 is 0 Å². The molecule has 4 rings (SSSR count). The molecule has 0 N–H and O–H groups in total. The minimum atomic E-state index is 0.883.